The van der Waals surface area contributed by atoms with Crippen LogP contribution in [0.5, 0.6) is 0 Å². The van der Waals surface area contributed by atoms with Crippen molar-refractivity contribution in [1.82, 2.24) is 19.8 Å². The van der Waals surface area contributed by atoms with Crippen LogP contribution in [0.25, 0.3) is 0 Å². The van der Waals surface area contributed by atoms with E-state index in [4.69, 9.17) is 12.2 Å². The van der Waals surface area contributed by atoms with Gasteiger partial charge in [0.15, 0.2) is 5.11 Å². The molecule has 4 rings (SSSR count). The summed E-state index contributed by atoms with van der Waals surface area (Å²) in [4.78, 5) is 6.49. The van der Waals surface area contributed by atoms with Crippen molar-refractivity contribution in [3.05, 3.63) is 83.4 Å². The maximum Gasteiger partial charge on any atom is 0.228 e. The number of aromatic nitrogens is 2. The first kappa shape index (κ1) is 24.3. The van der Waals surface area contributed by atoms with Crippen molar-refractivity contribution in [2.24, 2.45) is 0 Å². The first-order chi connectivity index (χ1) is 16.2. The fraction of sp³-hybridized carbons (Fsp3) is 0.360. The van der Waals surface area contributed by atoms with Gasteiger partial charge in [-0.2, -0.15) is 0 Å². The number of nitrogens with one attached hydrogen (secondary N) is 1. The third-order valence-electron chi connectivity index (χ3n) is 5.63. The summed E-state index contributed by atoms with van der Waals surface area (Å²) in [5.74, 6) is -0.654. The molecular formula is C25H29FN4O2S2. The molecule has 0 atom stereocenters. The van der Waals surface area contributed by atoms with Crippen molar-refractivity contribution in [1.29, 1.82) is 0 Å². The average Bonchev–Trinajstić information content (AvgIpc) is 3.54. The fourth-order valence-corrected chi connectivity index (χ4v) is 5.76. The van der Waals surface area contributed by atoms with Crippen LogP contribution in [0.3, 0.4) is 0 Å². The van der Waals surface area contributed by atoms with Gasteiger partial charge in [-0.25, -0.2) is 17.8 Å². The van der Waals surface area contributed by atoms with Crippen molar-refractivity contribution in [3.8, 4) is 0 Å². The fourth-order valence-electron chi connectivity index (χ4n) is 3.82. The van der Waals surface area contributed by atoms with Gasteiger partial charge in [-0.3, -0.25) is 0 Å². The van der Waals surface area contributed by atoms with Crippen molar-refractivity contribution < 1.29 is 12.8 Å². The van der Waals surface area contributed by atoms with E-state index in [-0.39, 0.29) is 17.0 Å². The highest BCUT2D eigenvalue weighted by Crippen LogP contribution is 2.29. The molecule has 1 aliphatic carbocycles. The van der Waals surface area contributed by atoms with Gasteiger partial charge in [-0.1, -0.05) is 42.5 Å². The highest BCUT2D eigenvalue weighted by molar-refractivity contribution is 7.90. The summed E-state index contributed by atoms with van der Waals surface area (Å²) in [5, 5.41) is 3.98. The second-order valence-corrected chi connectivity index (χ2v) is 11.2. The number of thiocarbonyl (C=S) groups is 1. The average molecular weight is 501 g/mol. The standard InChI is InChI=1S/C25H29FN4O2S2/c1-18(2)28-24(33)29(22-12-13-22)16-23-14-27-25(30(23)15-19-6-4-3-5-7-19)34(31,32)17-20-8-10-21(26)11-9-20/h3-11,14,18,22H,12-13,15-17H2,1-2H3,(H,28,33). The summed E-state index contributed by atoms with van der Waals surface area (Å²) in [7, 11) is -3.77. The molecule has 0 radical (unpaired) electrons. The van der Waals surface area contributed by atoms with E-state index < -0.39 is 15.7 Å². The van der Waals surface area contributed by atoms with Gasteiger partial charge in [0.25, 0.3) is 0 Å². The highest BCUT2D eigenvalue weighted by Gasteiger charge is 2.33. The molecule has 180 valence electrons. The molecule has 6 nitrogen and oxygen atoms in total. The maximum atomic E-state index is 13.4. The van der Waals surface area contributed by atoms with E-state index in [9.17, 15) is 12.8 Å². The lowest BCUT2D eigenvalue weighted by Gasteiger charge is -2.27. The normalized spacial score (nSPS) is 13.8. The van der Waals surface area contributed by atoms with Gasteiger partial charge in [0.05, 0.1) is 30.7 Å². The predicted molar refractivity (Wildman–Crippen MR) is 134 cm³/mol. The zero-order valence-electron chi connectivity index (χ0n) is 19.3. The lowest BCUT2D eigenvalue weighted by atomic mass is 10.2. The van der Waals surface area contributed by atoms with Gasteiger partial charge < -0.3 is 14.8 Å². The van der Waals surface area contributed by atoms with Crippen LogP contribution in [0.2, 0.25) is 0 Å². The Balaban J connectivity index is 1.68. The largest absolute Gasteiger partial charge is 0.360 e. The van der Waals surface area contributed by atoms with Gasteiger partial charge in [-0.15, -0.1) is 0 Å². The third-order valence-corrected chi connectivity index (χ3v) is 7.57. The van der Waals surface area contributed by atoms with Gasteiger partial charge in [0, 0.05) is 12.1 Å². The molecule has 1 saturated carbocycles. The molecule has 0 aliphatic heterocycles. The molecule has 3 aromatic rings. The number of imidazole rings is 1. The quantitative estimate of drug-likeness (QED) is 0.442. The summed E-state index contributed by atoms with van der Waals surface area (Å²) >= 11 is 5.65. The molecule has 34 heavy (non-hydrogen) atoms. The monoisotopic (exact) mass is 500 g/mol. The Labute approximate surface area is 205 Å². The Morgan fingerprint density at radius 2 is 1.82 bits per heavy atom. The summed E-state index contributed by atoms with van der Waals surface area (Å²) in [6.07, 6.45) is 3.75. The van der Waals surface area contributed by atoms with Crippen LogP contribution in [0.1, 0.15) is 43.5 Å². The van der Waals surface area contributed by atoms with Gasteiger partial charge >= 0.3 is 0 Å². The SMILES string of the molecule is CC(C)NC(=S)N(Cc1cnc(S(=O)(=O)Cc2ccc(F)cc2)n1Cc1ccccc1)C1CC1. The molecule has 0 amide bonds. The molecule has 0 bridgehead atoms. The summed E-state index contributed by atoms with van der Waals surface area (Å²) in [6.45, 7) is 4.92. The van der Waals surface area contributed by atoms with Crippen LogP contribution in [0, 0.1) is 5.82 Å². The molecule has 1 fully saturated rings. The zero-order chi connectivity index (χ0) is 24.3. The van der Waals surface area contributed by atoms with Crippen LogP contribution >= 0.6 is 12.2 Å². The number of nitrogens with zero attached hydrogens (tertiary/aromatic N) is 3. The van der Waals surface area contributed by atoms with Crippen LogP contribution in [0.4, 0.5) is 4.39 Å². The zero-order valence-corrected chi connectivity index (χ0v) is 20.9. The van der Waals surface area contributed by atoms with E-state index in [0.29, 0.717) is 29.8 Å². The topological polar surface area (TPSA) is 67.2 Å². The van der Waals surface area contributed by atoms with Crippen molar-refractivity contribution >= 4 is 27.2 Å². The van der Waals surface area contributed by atoms with Crippen molar-refractivity contribution in [3.63, 3.8) is 0 Å². The molecular weight excluding hydrogens is 471 g/mol. The summed E-state index contributed by atoms with van der Waals surface area (Å²) in [6, 6.07) is 15.8. The van der Waals surface area contributed by atoms with Gasteiger partial charge in [-0.05, 0) is 62.2 Å². The molecule has 1 aliphatic rings. The van der Waals surface area contributed by atoms with E-state index >= 15 is 0 Å². The van der Waals surface area contributed by atoms with Crippen LogP contribution in [0.15, 0.2) is 66.0 Å². The van der Waals surface area contributed by atoms with E-state index in [0.717, 1.165) is 24.1 Å². The van der Waals surface area contributed by atoms with Crippen molar-refractivity contribution in [2.45, 2.75) is 62.8 Å². The molecule has 0 unspecified atom stereocenters. The Morgan fingerprint density at radius 3 is 2.44 bits per heavy atom. The Morgan fingerprint density at radius 1 is 1.15 bits per heavy atom. The number of hydrogen-bond acceptors (Lipinski definition) is 4. The minimum absolute atomic E-state index is 0.00848. The maximum absolute atomic E-state index is 13.4. The minimum atomic E-state index is -3.77. The lowest BCUT2D eigenvalue weighted by molar-refractivity contribution is 0.378. The molecule has 2 aromatic carbocycles. The first-order valence-corrected chi connectivity index (χ1v) is 13.4. The van der Waals surface area contributed by atoms with Crippen LogP contribution < -0.4 is 5.32 Å². The highest BCUT2D eigenvalue weighted by atomic mass is 32.2. The second-order valence-electron chi connectivity index (χ2n) is 8.95. The number of benzene rings is 2. The number of sulfone groups is 1. The summed E-state index contributed by atoms with van der Waals surface area (Å²) < 4.78 is 41.9. The summed E-state index contributed by atoms with van der Waals surface area (Å²) in [5.41, 5.74) is 2.27. The Kier molecular flexibility index (Phi) is 7.33. The smallest absolute Gasteiger partial charge is 0.228 e. The lowest BCUT2D eigenvalue weighted by Crippen LogP contribution is -2.43. The van der Waals surface area contributed by atoms with Crippen molar-refractivity contribution in [2.75, 3.05) is 0 Å². The Hall–Kier alpha value is -2.78. The van der Waals surface area contributed by atoms with Crippen LogP contribution in [-0.2, 0) is 28.7 Å². The second kappa shape index (κ2) is 10.2. The Bertz CT molecular complexity index is 1240. The van der Waals surface area contributed by atoms with E-state index in [1.54, 1.807) is 10.8 Å². The molecule has 1 heterocycles. The molecule has 0 spiro atoms. The van der Waals surface area contributed by atoms with Crippen LogP contribution in [-0.4, -0.2) is 40.1 Å². The minimum Gasteiger partial charge on any atom is -0.360 e. The molecule has 9 heteroatoms. The molecule has 1 aromatic heterocycles. The van der Waals surface area contributed by atoms with E-state index in [1.807, 2.05) is 44.2 Å². The third kappa shape index (κ3) is 6.01. The van der Waals surface area contributed by atoms with Gasteiger partial charge in [0.2, 0.25) is 15.0 Å². The number of rotatable bonds is 9. The molecule has 1 N–H and O–H groups in total. The number of halogens is 1. The molecule has 0 saturated heterocycles. The van der Waals surface area contributed by atoms with E-state index in [1.165, 1.54) is 24.3 Å². The van der Waals surface area contributed by atoms with Gasteiger partial charge in [0.1, 0.15) is 5.82 Å². The number of hydrogen-bond donors (Lipinski definition) is 1. The predicted octanol–water partition coefficient (Wildman–Crippen LogP) is 4.29. The first-order valence-electron chi connectivity index (χ1n) is 11.4. The van der Waals surface area contributed by atoms with E-state index in [2.05, 4.69) is 15.2 Å².